The number of hydrogen-bond donors (Lipinski definition) is 2. The number of nitro benzene ring substituents is 1. The van der Waals surface area contributed by atoms with Gasteiger partial charge in [0.1, 0.15) is 0 Å². The van der Waals surface area contributed by atoms with E-state index in [1.54, 1.807) is 0 Å². The highest BCUT2D eigenvalue weighted by Crippen LogP contribution is 2.22. The van der Waals surface area contributed by atoms with Gasteiger partial charge in [0.05, 0.1) is 4.92 Å². The molecule has 0 aliphatic carbocycles. The molecule has 1 aromatic rings. The summed E-state index contributed by atoms with van der Waals surface area (Å²) in [7, 11) is -3.84. The molecule has 0 saturated carbocycles. The van der Waals surface area contributed by atoms with Crippen LogP contribution < -0.4 is 10.0 Å². The molecule has 1 heterocycles. The molecule has 1 aromatic carbocycles. The first-order valence-electron chi connectivity index (χ1n) is 6.97. The molecule has 2 N–H and O–H groups in total. The Morgan fingerprint density at radius 3 is 2.81 bits per heavy atom. The van der Waals surface area contributed by atoms with Crippen LogP contribution in [0.15, 0.2) is 29.2 Å². The number of sulfonamides is 1. The quantitative estimate of drug-likeness (QED) is 0.450. The van der Waals surface area contributed by atoms with Gasteiger partial charge >= 0.3 is 0 Å². The van der Waals surface area contributed by atoms with Gasteiger partial charge in [-0.2, -0.15) is 0 Å². The molecule has 21 heavy (non-hydrogen) atoms. The first kappa shape index (κ1) is 15.9. The van der Waals surface area contributed by atoms with E-state index < -0.39 is 20.6 Å². The Balaban J connectivity index is 1.93. The number of benzene rings is 1. The van der Waals surface area contributed by atoms with E-state index in [4.69, 9.17) is 0 Å². The minimum atomic E-state index is -3.84. The summed E-state index contributed by atoms with van der Waals surface area (Å²) in [5.74, 6) is 0. The first-order chi connectivity index (χ1) is 10.0. The molecule has 0 amide bonds. The fraction of sp³-hybridized carbons (Fsp3) is 0.538. The van der Waals surface area contributed by atoms with Crippen molar-refractivity contribution in [1.82, 2.24) is 10.0 Å². The maximum atomic E-state index is 12.1. The maximum absolute atomic E-state index is 12.1. The first-order valence-corrected chi connectivity index (χ1v) is 8.45. The molecule has 0 spiro atoms. The van der Waals surface area contributed by atoms with E-state index in [1.165, 1.54) is 24.3 Å². The van der Waals surface area contributed by atoms with Crippen LogP contribution in [0.4, 0.5) is 5.69 Å². The topological polar surface area (TPSA) is 101 Å². The third kappa shape index (κ3) is 4.23. The van der Waals surface area contributed by atoms with Crippen molar-refractivity contribution < 1.29 is 13.3 Å². The number of nitrogens with one attached hydrogen (secondary N) is 2. The molecular formula is C13H19N3O4S. The van der Waals surface area contributed by atoms with E-state index in [2.05, 4.69) is 10.0 Å². The van der Waals surface area contributed by atoms with Crippen LogP contribution in [-0.4, -0.2) is 32.5 Å². The molecule has 0 bridgehead atoms. The van der Waals surface area contributed by atoms with E-state index >= 15 is 0 Å². The standard InChI is InChI=1S/C13H19N3O4S/c17-16(18)12-7-1-2-8-13(12)21(19,20)15-10-4-6-11-5-3-9-14-11/h1-2,7-8,11,14-15H,3-6,9-10H2. The third-order valence-corrected chi connectivity index (χ3v) is 5.04. The van der Waals surface area contributed by atoms with Gasteiger partial charge < -0.3 is 5.32 Å². The lowest BCUT2D eigenvalue weighted by atomic mass is 10.1. The highest BCUT2D eigenvalue weighted by Gasteiger charge is 2.24. The summed E-state index contributed by atoms with van der Waals surface area (Å²) in [5.41, 5.74) is -0.401. The summed E-state index contributed by atoms with van der Waals surface area (Å²) in [4.78, 5) is 9.91. The summed E-state index contributed by atoms with van der Waals surface area (Å²) < 4.78 is 26.7. The normalized spacial score (nSPS) is 18.8. The van der Waals surface area contributed by atoms with Crippen molar-refractivity contribution in [3.05, 3.63) is 34.4 Å². The molecule has 1 aliphatic heterocycles. The summed E-state index contributed by atoms with van der Waals surface area (Å²) in [6.07, 6.45) is 3.89. The average Bonchev–Trinajstić information content (AvgIpc) is 2.97. The highest BCUT2D eigenvalue weighted by atomic mass is 32.2. The van der Waals surface area contributed by atoms with Crippen molar-refractivity contribution in [3.63, 3.8) is 0 Å². The minimum absolute atomic E-state index is 0.283. The molecule has 1 aliphatic rings. The lowest BCUT2D eigenvalue weighted by molar-refractivity contribution is -0.387. The van der Waals surface area contributed by atoms with Gasteiger partial charge in [0.2, 0.25) is 10.0 Å². The van der Waals surface area contributed by atoms with Crippen LogP contribution in [-0.2, 0) is 10.0 Å². The van der Waals surface area contributed by atoms with Crippen LogP contribution in [0, 0.1) is 10.1 Å². The lowest BCUT2D eigenvalue weighted by Crippen LogP contribution is -2.27. The van der Waals surface area contributed by atoms with Crippen LogP contribution in [0.3, 0.4) is 0 Å². The molecule has 1 unspecified atom stereocenters. The summed E-state index contributed by atoms with van der Waals surface area (Å²) >= 11 is 0. The predicted octanol–water partition coefficient (Wildman–Crippen LogP) is 1.41. The minimum Gasteiger partial charge on any atom is -0.314 e. The number of para-hydroxylation sites is 1. The van der Waals surface area contributed by atoms with E-state index in [0.717, 1.165) is 25.8 Å². The SMILES string of the molecule is O=[N+]([O-])c1ccccc1S(=O)(=O)NCCCC1CCCN1. The van der Waals surface area contributed by atoms with Crippen molar-refractivity contribution >= 4 is 15.7 Å². The third-order valence-electron chi connectivity index (χ3n) is 3.54. The van der Waals surface area contributed by atoms with E-state index in [9.17, 15) is 18.5 Å². The Morgan fingerprint density at radius 1 is 1.38 bits per heavy atom. The van der Waals surface area contributed by atoms with Gasteiger partial charge in [-0.1, -0.05) is 12.1 Å². The van der Waals surface area contributed by atoms with Gasteiger partial charge in [-0.15, -0.1) is 0 Å². The van der Waals surface area contributed by atoms with Gasteiger partial charge in [-0.05, 0) is 38.3 Å². The molecule has 0 aromatic heterocycles. The zero-order chi connectivity index (χ0) is 15.3. The molecule has 0 radical (unpaired) electrons. The lowest BCUT2D eigenvalue weighted by Gasteiger charge is -2.10. The largest absolute Gasteiger partial charge is 0.314 e. The van der Waals surface area contributed by atoms with E-state index in [0.29, 0.717) is 12.5 Å². The second kappa shape index (κ2) is 6.97. The molecular weight excluding hydrogens is 294 g/mol. The van der Waals surface area contributed by atoms with E-state index in [-0.39, 0.29) is 11.4 Å². The second-order valence-electron chi connectivity index (χ2n) is 5.06. The molecule has 116 valence electrons. The van der Waals surface area contributed by atoms with Crippen molar-refractivity contribution in [2.24, 2.45) is 0 Å². The van der Waals surface area contributed by atoms with Crippen molar-refractivity contribution in [1.29, 1.82) is 0 Å². The fourth-order valence-corrected chi connectivity index (χ4v) is 3.72. The van der Waals surface area contributed by atoms with Gasteiger partial charge in [-0.25, -0.2) is 13.1 Å². The second-order valence-corrected chi connectivity index (χ2v) is 6.79. The van der Waals surface area contributed by atoms with Crippen LogP contribution in [0.1, 0.15) is 25.7 Å². The van der Waals surface area contributed by atoms with Crippen LogP contribution in [0.25, 0.3) is 0 Å². The Labute approximate surface area is 123 Å². The zero-order valence-electron chi connectivity index (χ0n) is 11.6. The Morgan fingerprint density at radius 2 is 2.14 bits per heavy atom. The van der Waals surface area contributed by atoms with Gasteiger partial charge in [0.25, 0.3) is 5.69 Å². The summed E-state index contributed by atoms with van der Waals surface area (Å²) in [6.45, 7) is 1.30. The molecule has 2 rings (SSSR count). The number of hydrogen-bond acceptors (Lipinski definition) is 5. The molecule has 8 heteroatoms. The van der Waals surface area contributed by atoms with Gasteiger partial charge in [0.15, 0.2) is 4.90 Å². The molecule has 1 fully saturated rings. The summed E-state index contributed by atoms with van der Waals surface area (Å²) in [5, 5.41) is 14.2. The fourth-order valence-electron chi connectivity index (χ4n) is 2.47. The van der Waals surface area contributed by atoms with Crippen molar-refractivity contribution in [2.45, 2.75) is 36.6 Å². The van der Waals surface area contributed by atoms with Crippen LogP contribution in [0.2, 0.25) is 0 Å². The van der Waals surface area contributed by atoms with Crippen molar-refractivity contribution in [3.8, 4) is 0 Å². The Kier molecular flexibility index (Phi) is 5.27. The molecule has 7 nitrogen and oxygen atoms in total. The van der Waals surface area contributed by atoms with E-state index in [1.807, 2.05) is 0 Å². The maximum Gasteiger partial charge on any atom is 0.289 e. The van der Waals surface area contributed by atoms with Crippen LogP contribution in [0.5, 0.6) is 0 Å². The average molecular weight is 313 g/mol. The number of nitrogens with zero attached hydrogens (tertiary/aromatic N) is 1. The van der Waals surface area contributed by atoms with Crippen LogP contribution >= 0.6 is 0 Å². The Hall–Kier alpha value is -1.51. The van der Waals surface area contributed by atoms with Crippen molar-refractivity contribution in [2.75, 3.05) is 13.1 Å². The molecule has 1 atom stereocenters. The predicted molar refractivity (Wildman–Crippen MR) is 78.5 cm³/mol. The smallest absolute Gasteiger partial charge is 0.289 e. The molecule has 1 saturated heterocycles. The van der Waals surface area contributed by atoms with Gasteiger partial charge in [0, 0.05) is 18.7 Å². The van der Waals surface area contributed by atoms with Gasteiger partial charge in [-0.3, -0.25) is 10.1 Å². The number of rotatable bonds is 7. The summed E-state index contributed by atoms with van der Waals surface area (Å²) in [6, 6.07) is 5.82. The number of nitro groups is 1. The monoisotopic (exact) mass is 313 g/mol. The highest BCUT2D eigenvalue weighted by molar-refractivity contribution is 7.89. The Bertz CT molecular complexity index is 597. The zero-order valence-corrected chi connectivity index (χ0v) is 12.4.